The molecule has 0 rings (SSSR count). The molecule has 0 aliphatic rings. The van der Waals surface area contributed by atoms with Crippen LogP contribution in [0, 0.1) is 0 Å². The van der Waals surface area contributed by atoms with Gasteiger partial charge in [0.2, 0.25) is 0 Å². The maximum absolute atomic E-state index is 11.1. The molecule has 21 heavy (non-hydrogen) atoms. The average molecular weight is 533 g/mol. The van der Waals surface area contributed by atoms with Crippen LogP contribution < -0.4 is 8.67 Å². The molecule has 124 valence electrons. The van der Waals surface area contributed by atoms with Crippen LogP contribution in [0.5, 0.6) is 0 Å². The predicted octanol–water partition coefficient (Wildman–Crippen LogP) is -0.739. The number of rotatable bonds is 10. The molecule has 0 spiro atoms. The Balaban J connectivity index is 4.21. The fourth-order valence-electron chi connectivity index (χ4n) is 1.15. The molecule has 4 N–H and O–H groups in total. The molecule has 0 saturated heterocycles. The standard InChI is InChI=1S/C10H20N2O4S2Se3/c1-9(2,17)5(7(13)14)11-19-21-20-12-6(8(15)16)10(3,4)18/h5-6,11-12,17-18H,1-4H3,(H,13,14)(H,15,16)/t5-,6-/m1/s1. The van der Waals surface area contributed by atoms with Crippen molar-refractivity contribution in [3.05, 3.63) is 0 Å². The Labute approximate surface area is 152 Å². The first kappa shape index (κ1) is 22.1. The van der Waals surface area contributed by atoms with Crippen molar-refractivity contribution in [3.8, 4) is 0 Å². The quantitative estimate of drug-likeness (QED) is 0.126. The molecule has 0 saturated carbocycles. The molecule has 0 aromatic heterocycles. The van der Waals surface area contributed by atoms with Gasteiger partial charge in [0, 0.05) is 0 Å². The number of nitrogens with one attached hydrogen (secondary N) is 2. The van der Waals surface area contributed by atoms with Crippen LogP contribution in [0.1, 0.15) is 27.7 Å². The van der Waals surface area contributed by atoms with E-state index in [1.807, 2.05) is 0 Å². The van der Waals surface area contributed by atoms with Gasteiger partial charge in [0.05, 0.1) is 0 Å². The van der Waals surface area contributed by atoms with Crippen LogP contribution in [0.15, 0.2) is 0 Å². The van der Waals surface area contributed by atoms with E-state index in [2.05, 4.69) is 33.9 Å². The Morgan fingerprint density at radius 3 is 1.38 bits per heavy atom. The third-order valence-electron chi connectivity index (χ3n) is 2.31. The summed E-state index contributed by atoms with van der Waals surface area (Å²) in [7, 11) is 0. The van der Waals surface area contributed by atoms with Gasteiger partial charge in [-0.1, -0.05) is 0 Å². The second-order valence-corrected chi connectivity index (χ2v) is 22.4. The van der Waals surface area contributed by atoms with Crippen LogP contribution in [0.2, 0.25) is 0 Å². The first-order chi connectivity index (χ1) is 9.37. The van der Waals surface area contributed by atoms with Gasteiger partial charge in [-0.05, 0) is 0 Å². The molecule has 0 bridgehead atoms. The summed E-state index contributed by atoms with van der Waals surface area (Å²) in [5, 5.41) is 18.3. The molecule has 0 aromatic carbocycles. The molecule has 0 aromatic rings. The molecule has 0 unspecified atom stereocenters. The molecule has 0 amide bonds. The van der Waals surface area contributed by atoms with E-state index in [1.165, 1.54) is 0 Å². The number of hydrogen-bond donors (Lipinski definition) is 6. The van der Waals surface area contributed by atoms with Gasteiger partial charge >= 0.3 is 153 Å². The molecule has 0 radical (unpaired) electrons. The van der Waals surface area contributed by atoms with Gasteiger partial charge in [-0.2, -0.15) is 0 Å². The second kappa shape index (κ2) is 9.42. The summed E-state index contributed by atoms with van der Waals surface area (Å²) >= 11 is 8.66. The van der Waals surface area contributed by atoms with Crippen molar-refractivity contribution in [2.45, 2.75) is 49.3 Å². The molecule has 0 fully saturated rings. The summed E-state index contributed by atoms with van der Waals surface area (Å²) in [5.74, 6) is -1.85. The molecule has 2 atom stereocenters. The topological polar surface area (TPSA) is 98.7 Å². The minimum absolute atomic E-state index is 0.0349. The molecular weight excluding hydrogens is 513 g/mol. The first-order valence-corrected chi connectivity index (χ1v) is 17.1. The van der Waals surface area contributed by atoms with E-state index in [0.717, 1.165) is 0 Å². The number of carboxylic acid groups (broad SMARTS) is 2. The van der Waals surface area contributed by atoms with Gasteiger partial charge in [-0.15, -0.1) is 0 Å². The van der Waals surface area contributed by atoms with Crippen molar-refractivity contribution in [1.82, 2.24) is 8.67 Å². The van der Waals surface area contributed by atoms with Crippen LogP contribution >= 0.6 is 25.3 Å². The van der Waals surface area contributed by atoms with Gasteiger partial charge in [0.1, 0.15) is 0 Å². The van der Waals surface area contributed by atoms with E-state index in [0.29, 0.717) is 0 Å². The Bertz CT molecular complexity index is 340. The van der Waals surface area contributed by atoms with E-state index in [4.69, 9.17) is 10.2 Å². The fraction of sp³-hybridized carbons (Fsp3) is 0.800. The van der Waals surface area contributed by atoms with E-state index in [-0.39, 0.29) is 38.0 Å². The summed E-state index contributed by atoms with van der Waals surface area (Å²) in [4.78, 5) is 22.3. The Morgan fingerprint density at radius 1 is 0.905 bits per heavy atom. The third kappa shape index (κ3) is 9.10. The normalized spacial score (nSPS) is 15.5. The summed E-state index contributed by atoms with van der Waals surface area (Å²) < 4.78 is 4.74. The van der Waals surface area contributed by atoms with Crippen molar-refractivity contribution in [1.29, 1.82) is 0 Å². The predicted molar refractivity (Wildman–Crippen MR) is 92.5 cm³/mol. The van der Waals surface area contributed by atoms with Crippen molar-refractivity contribution < 1.29 is 19.8 Å². The number of thiol groups is 2. The number of carbonyl (C=O) groups is 2. The van der Waals surface area contributed by atoms with Crippen LogP contribution in [-0.2, 0) is 9.59 Å². The van der Waals surface area contributed by atoms with E-state index < -0.39 is 33.5 Å². The van der Waals surface area contributed by atoms with Crippen molar-refractivity contribution in [2.75, 3.05) is 0 Å². The Hall–Kier alpha value is 1.12. The van der Waals surface area contributed by atoms with Crippen LogP contribution in [-0.4, -0.2) is 81.7 Å². The number of aliphatic carboxylic acids is 2. The minimum atomic E-state index is -0.923. The van der Waals surface area contributed by atoms with E-state index in [1.54, 1.807) is 27.7 Å². The molecule has 6 nitrogen and oxygen atoms in total. The van der Waals surface area contributed by atoms with Gasteiger partial charge in [-0.25, -0.2) is 0 Å². The molecule has 0 heterocycles. The zero-order valence-corrected chi connectivity index (χ0v) is 18.9. The Morgan fingerprint density at radius 2 is 1.19 bits per heavy atom. The van der Waals surface area contributed by atoms with Crippen LogP contribution in [0.3, 0.4) is 0 Å². The SMILES string of the molecule is CC(C)(S)[C@H](N[Se][Se][Se]N[C@H](C(=O)O)C(C)(C)S)C(=O)O. The van der Waals surface area contributed by atoms with Crippen LogP contribution in [0.25, 0.3) is 0 Å². The van der Waals surface area contributed by atoms with Crippen molar-refractivity contribution in [3.63, 3.8) is 0 Å². The summed E-state index contributed by atoms with van der Waals surface area (Å²) in [6.07, 6.45) is 0. The summed E-state index contributed by atoms with van der Waals surface area (Å²) in [6.45, 7) is 6.99. The van der Waals surface area contributed by atoms with Gasteiger partial charge < -0.3 is 0 Å². The number of carboxylic acids is 2. The first-order valence-electron chi connectivity index (χ1n) is 5.78. The summed E-state index contributed by atoms with van der Waals surface area (Å²) in [5.41, 5.74) is 0. The van der Waals surface area contributed by atoms with Gasteiger partial charge in [0.15, 0.2) is 0 Å². The van der Waals surface area contributed by atoms with Crippen LogP contribution in [0.4, 0.5) is 0 Å². The van der Waals surface area contributed by atoms with Gasteiger partial charge in [-0.3, -0.25) is 0 Å². The summed E-state index contributed by atoms with van der Waals surface area (Å²) in [6, 6.07) is -1.43. The third-order valence-corrected chi connectivity index (χ3v) is 15.8. The number of hydrogen-bond acceptors (Lipinski definition) is 6. The van der Waals surface area contributed by atoms with Crippen molar-refractivity contribution >= 4 is 75.2 Å². The maximum atomic E-state index is 11.1. The molecular formula is C10H20N2O4S2Se3. The molecule has 0 aliphatic heterocycles. The fourth-order valence-corrected chi connectivity index (χ4v) is 13.9. The molecule has 0 aliphatic carbocycles. The van der Waals surface area contributed by atoms with E-state index in [9.17, 15) is 9.59 Å². The van der Waals surface area contributed by atoms with Gasteiger partial charge in [0.25, 0.3) is 0 Å². The second-order valence-electron chi connectivity index (χ2n) is 5.32. The average Bonchev–Trinajstić information content (AvgIpc) is 2.22. The zero-order valence-electron chi connectivity index (χ0n) is 12.0. The Kier molecular flexibility index (Phi) is 9.92. The zero-order chi connectivity index (χ0) is 16.8. The molecule has 11 heteroatoms. The monoisotopic (exact) mass is 536 g/mol. The van der Waals surface area contributed by atoms with E-state index >= 15 is 0 Å². The van der Waals surface area contributed by atoms with Crippen molar-refractivity contribution in [2.24, 2.45) is 0 Å².